The second-order valence-electron chi connectivity index (χ2n) is 9.06. The number of aryl methyl sites for hydroxylation is 1. The number of carbonyl (C=O) groups is 1. The molecule has 0 saturated carbocycles. The highest BCUT2D eigenvalue weighted by atomic mass is 32.2. The third-order valence-corrected chi connectivity index (χ3v) is 8.06. The van der Waals surface area contributed by atoms with Crippen molar-refractivity contribution in [2.45, 2.75) is 31.3 Å². The number of benzene rings is 4. The number of para-hydroxylation sites is 1. The van der Waals surface area contributed by atoms with E-state index in [4.69, 9.17) is 4.74 Å². The molecule has 0 fully saturated rings. The molecule has 0 bridgehead atoms. The number of aromatic nitrogens is 1. The molecule has 7 nitrogen and oxygen atoms in total. The van der Waals surface area contributed by atoms with Gasteiger partial charge in [-0.05, 0) is 67.9 Å². The molecule has 8 heteroatoms. The van der Waals surface area contributed by atoms with Crippen LogP contribution in [-0.4, -0.2) is 25.5 Å². The number of carbonyl (C=O) groups excluding carboxylic acids is 1. The number of nitrogens with zero attached hydrogens (tertiary/aromatic N) is 1. The predicted molar refractivity (Wildman–Crippen MR) is 151 cm³/mol. The molecule has 0 aliphatic rings. The minimum absolute atomic E-state index is 0.122. The summed E-state index contributed by atoms with van der Waals surface area (Å²) in [6.07, 6.45) is 0. The van der Waals surface area contributed by atoms with Crippen molar-refractivity contribution < 1.29 is 17.9 Å². The molecule has 4 aromatic carbocycles. The highest BCUT2D eigenvalue weighted by Crippen LogP contribution is 2.31. The van der Waals surface area contributed by atoms with E-state index in [1.165, 1.54) is 12.1 Å². The average Bonchev–Trinajstić information content (AvgIpc) is 3.25. The van der Waals surface area contributed by atoms with E-state index in [0.717, 1.165) is 33.9 Å². The lowest BCUT2D eigenvalue weighted by molar-refractivity contribution is -0.118. The Balaban J connectivity index is 1.21. The Labute approximate surface area is 222 Å². The summed E-state index contributed by atoms with van der Waals surface area (Å²) in [5.74, 6) is 0.0929. The number of nitrogens with one attached hydrogen (secondary N) is 2. The predicted octanol–water partition coefficient (Wildman–Crippen LogP) is 5.87. The number of ether oxygens (including phenoxy) is 1. The van der Waals surface area contributed by atoms with Crippen LogP contribution in [0.5, 0.6) is 5.75 Å². The normalized spacial score (nSPS) is 12.5. The maximum atomic E-state index is 12.8. The lowest BCUT2D eigenvalue weighted by Gasteiger charge is -2.15. The van der Waals surface area contributed by atoms with Crippen LogP contribution >= 0.6 is 0 Å². The van der Waals surface area contributed by atoms with Crippen LogP contribution in [0, 0.1) is 0 Å². The van der Waals surface area contributed by atoms with Crippen LogP contribution in [0.3, 0.4) is 0 Å². The van der Waals surface area contributed by atoms with Gasteiger partial charge in [0.1, 0.15) is 5.75 Å². The van der Waals surface area contributed by atoms with Crippen molar-refractivity contribution >= 4 is 43.4 Å². The maximum Gasteiger partial charge on any atom is 0.262 e. The average molecular weight is 528 g/mol. The monoisotopic (exact) mass is 527 g/mol. The molecule has 194 valence electrons. The summed E-state index contributed by atoms with van der Waals surface area (Å²) < 4.78 is 36.1. The van der Waals surface area contributed by atoms with Crippen molar-refractivity contribution in [1.82, 2.24) is 9.29 Å². The number of anilines is 1. The van der Waals surface area contributed by atoms with Crippen LogP contribution in [-0.2, 0) is 21.4 Å². The van der Waals surface area contributed by atoms with Gasteiger partial charge in [-0.3, -0.25) is 4.79 Å². The lowest BCUT2D eigenvalue weighted by Crippen LogP contribution is -2.26. The van der Waals surface area contributed by atoms with Gasteiger partial charge in [0.25, 0.3) is 5.91 Å². The van der Waals surface area contributed by atoms with E-state index < -0.39 is 10.0 Å². The fourth-order valence-corrected chi connectivity index (χ4v) is 5.88. The minimum Gasteiger partial charge on any atom is -0.484 e. The SMILES string of the molecule is CCn1c2ccccc2c2cc(NC(=O)COc3ccc(S(=O)(=O)N[C@@H](C)c4ccccc4)cc3)ccc21. The molecule has 1 heterocycles. The molecule has 1 aromatic heterocycles. The number of sulfonamides is 1. The first kappa shape index (κ1) is 25.5. The summed E-state index contributed by atoms with van der Waals surface area (Å²) >= 11 is 0. The van der Waals surface area contributed by atoms with E-state index in [0.29, 0.717) is 11.4 Å². The highest BCUT2D eigenvalue weighted by molar-refractivity contribution is 7.89. The van der Waals surface area contributed by atoms with Gasteiger partial charge in [0.05, 0.1) is 4.90 Å². The zero-order valence-electron chi connectivity index (χ0n) is 21.2. The van der Waals surface area contributed by atoms with Crippen molar-refractivity contribution in [1.29, 1.82) is 0 Å². The summed E-state index contributed by atoms with van der Waals surface area (Å²) in [5, 5.41) is 5.11. The van der Waals surface area contributed by atoms with Crippen LogP contribution in [0.1, 0.15) is 25.5 Å². The van der Waals surface area contributed by atoms with Gasteiger partial charge in [-0.25, -0.2) is 13.1 Å². The van der Waals surface area contributed by atoms with Crippen molar-refractivity contribution in [2.24, 2.45) is 0 Å². The van der Waals surface area contributed by atoms with Gasteiger partial charge < -0.3 is 14.6 Å². The van der Waals surface area contributed by atoms with Crippen molar-refractivity contribution in [2.75, 3.05) is 11.9 Å². The fourth-order valence-electron chi connectivity index (χ4n) is 4.64. The summed E-state index contributed by atoms with van der Waals surface area (Å²) in [6.45, 7) is 4.56. The summed E-state index contributed by atoms with van der Waals surface area (Å²) in [6, 6.07) is 29.1. The highest BCUT2D eigenvalue weighted by Gasteiger charge is 2.18. The molecule has 0 aliphatic carbocycles. The Morgan fingerprint density at radius 2 is 1.55 bits per heavy atom. The molecule has 1 amide bonds. The molecule has 5 aromatic rings. The second kappa shape index (κ2) is 10.7. The maximum absolute atomic E-state index is 12.8. The molecule has 0 unspecified atom stereocenters. The smallest absolute Gasteiger partial charge is 0.262 e. The van der Waals surface area contributed by atoms with Gasteiger partial charge in [-0.15, -0.1) is 0 Å². The number of rotatable bonds is 9. The van der Waals surface area contributed by atoms with Gasteiger partial charge in [0, 0.05) is 40.1 Å². The Morgan fingerprint density at radius 1 is 0.868 bits per heavy atom. The molecule has 0 aliphatic heterocycles. The fraction of sp³-hybridized carbons (Fsp3) is 0.167. The Kier molecular flexibility index (Phi) is 7.18. The number of amides is 1. The van der Waals surface area contributed by atoms with E-state index in [1.54, 1.807) is 19.1 Å². The molecule has 5 rings (SSSR count). The molecule has 38 heavy (non-hydrogen) atoms. The molecule has 1 atom stereocenters. The number of fused-ring (bicyclic) bond motifs is 3. The second-order valence-corrected chi connectivity index (χ2v) is 10.8. The molecular weight excluding hydrogens is 498 g/mol. The van der Waals surface area contributed by atoms with Gasteiger partial charge in [0.15, 0.2) is 6.61 Å². The van der Waals surface area contributed by atoms with E-state index in [2.05, 4.69) is 33.7 Å². The van der Waals surface area contributed by atoms with Gasteiger partial charge in [-0.2, -0.15) is 0 Å². The third-order valence-electron chi connectivity index (χ3n) is 6.51. The third kappa shape index (κ3) is 5.27. The largest absolute Gasteiger partial charge is 0.484 e. The Hall–Kier alpha value is -4.14. The zero-order valence-corrected chi connectivity index (χ0v) is 22.0. The molecule has 0 radical (unpaired) electrons. The van der Waals surface area contributed by atoms with Gasteiger partial charge in [0.2, 0.25) is 10.0 Å². The molecule has 2 N–H and O–H groups in total. The molecule has 0 spiro atoms. The van der Waals surface area contributed by atoms with E-state index in [-0.39, 0.29) is 23.5 Å². The first-order chi connectivity index (χ1) is 18.4. The molecule has 0 saturated heterocycles. The van der Waals surface area contributed by atoms with Crippen molar-refractivity contribution in [3.63, 3.8) is 0 Å². The van der Waals surface area contributed by atoms with E-state index >= 15 is 0 Å². The van der Waals surface area contributed by atoms with Gasteiger partial charge >= 0.3 is 0 Å². The van der Waals surface area contributed by atoms with Crippen LogP contribution < -0.4 is 14.8 Å². The topological polar surface area (TPSA) is 89.4 Å². The number of hydrogen-bond donors (Lipinski definition) is 2. The Bertz CT molecular complexity index is 1690. The summed E-state index contributed by atoms with van der Waals surface area (Å²) in [4.78, 5) is 12.7. The van der Waals surface area contributed by atoms with E-state index in [9.17, 15) is 13.2 Å². The first-order valence-corrected chi connectivity index (χ1v) is 13.9. The van der Waals surface area contributed by atoms with Crippen molar-refractivity contribution in [3.05, 3.63) is 103 Å². The zero-order chi connectivity index (χ0) is 26.7. The van der Waals surface area contributed by atoms with Crippen LogP contribution in [0.4, 0.5) is 5.69 Å². The standard InChI is InChI=1S/C30H29N3O4S/c1-3-33-28-12-8-7-11-26(28)27-19-23(13-18-29(27)33)31-30(34)20-37-24-14-16-25(17-15-24)38(35,36)32-21(2)22-9-5-4-6-10-22/h4-19,21,32H,3,20H2,1-2H3,(H,31,34)/t21-/m0/s1. The first-order valence-electron chi connectivity index (χ1n) is 12.5. The number of hydrogen-bond acceptors (Lipinski definition) is 4. The summed E-state index contributed by atoms with van der Waals surface area (Å²) in [7, 11) is -3.72. The van der Waals surface area contributed by atoms with Crippen LogP contribution in [0.15, 0.2) is 102 Å². The Morgan fingerprint density at radius 3 is 2.29 bits per heavy atom. The van der Waals surface area contributed by atoms with Gasteiger partial charge in [-0.1, -0.05) is 48.5 Å². The quantitative estimate of drug-likeness (QED) is 0.251. The summed E-state index contributed by atoms with van der Waals surface area (Å²) in [5.41, 5.74) is 3.83. The van der Waals surface area contributed by atoms with Crippen molar-refractivity contribution in [3.8, 4) is 5.75 Å². The van der Waals surface area contributed by atoms with Crippen LogP contribution in [0.2, 0.25) is 0 Å². The van der Waals surface area contributed by atoms with E-state index in [1.807, 2.05) is 60.7 Å². The minimum atomic E-state index is -3.72. The van der Waals surface area contributed by atoms with Crippen LogP contribution in [0.25, 0.3) is 21.8 Å². The lowest BCUT2D eigenvalue weighted by atomic mass is 10.1. The molecular formula is C30H29N3O4S.